The monoisotopic (exact) mass is 437 g/mol. The van der Waals surface area contributed by atoms with E-state index in [1.807, 2.05) is 0 Å². The maximum atomic E-state index is 13.0. The molecule has 0 amide bonds. The molecule has 156 valence electrons. The SMILES string of the molecule is CCC(=Nc1cccc(C(F)(F)F)c1)c1c(O)n(-c2ccc(Cl)cc2)c(=O)[nH]c1=O. The van der Waals surface area contributed by atoms with Crippen LogP contribution in [0.4, 0.5) is 18.9 Å². The normalized spacial score (nSPS) is 12.2. The highest BCUT2D eigenvalue weighted by atomic mass is 35.5. The number of hydrogen-bond donors (Lipinski definition) is 2. The van der Waals surface area contributed by atoms with E-state index in [4.69, 9.17) is 11.6 Å². The number of alkyl halides is 3. The summed E-state index contributed by atoms with van der Waals surface area (Å²) in [5.74, 6) is -0.682. The molecule has 0 aliphatic heterocycles. The minimum absolute atomic E-state index is 0.00999. The molecule has 0 fully saturated rings. The van der Waals surface area contributed by atoms with Crippen molar-refractivity contribution in [1.82, 2.24) is 9.55 Å². The average molecular weight is 438 g/mol. The van der Waals surface area contributed by atoms with Crippen molar-refractivity contribution in [1.29, 1.82) is 0 Å². The molecule has 10 heteroatoms. The summed E-state index contributed by atoms with van der Waals surface area (Å²) in [5, 5.41) is 11.1. The number of hydrogen-bond acceptors (Lipinski definition) is 4. The molecule has 30 heavy (non-hydrogen) atoms. The van der Waals surface area contributed by atoms with Gasteiger partial charge in [-0.3, -0.25) is 14.8 Å². The van der Waals surface area contributed by atoms with E-state index in [1.54, 1.807) is 6.92 Å². The Hall–Kier alpha value is -3.33. The zero-order chi connectivity index (χ0) is 22.1. The minimum atomic E-state index is -4.56. The lowest BCUT2D eigenvalue weighted by molar-refractivity contribution is -0.137. The summed E-state index contributed by atoms with van der Waals surface area (Å²) >= 11 is 5.84. The zero-order valence-electron chi connectivity index (χ0n) is 15.5. The Kier molecular flexibility index (Phi) is 5.84. The maximum absolute atomic E-state index is 13.0. The number of H-pyrrole nitrogens is 1. The van der Waals surface area contributed by atoms with Crippen molar-refractivity contribution in [3.63, 3.8) is 0 Å². The predicted molar refractivity (Wildman–Crippen MR) is 107 cm³/mol. The molecule has 2 aromatic carbocycles. The Morgan fingerprint density at radius 3 is 2.43 bits per heavy atom. The van der Waals surface area contributed by atoms with E-state index in [9.17, 15) is 27.9 Å². The fourth-order valence-corrected chi connectivity index (χ4v) is 2.96. The summed E-state index contributed by atoms with van der Waals surface area (Å²) < 4.78 is 39.7. The van der Waals surface area contributed by atoms with Crippen LogP contribution in [0.1, 0.15) is 24.5 Å². The van der Waals surface area contributed by atoms with E-state index in [0.717, 1.165) is 16.7 Å². The van der Waals surface area contributed by atoms with Crippen LogP contribution in [0.15, 0.2) is 63.1 Å². The van der Waals surface area contributed by atoms with Gasteiger partial charge in [0.25, 0.3) is 5.56 Å². The molecular weight excluding hydrogens is 423 g/mol. The number of aromatic nitrogens is 2. The summed E-state index contributed by atoms with van der Waals surface area (Å²) in [6.45, 7) is 1.61. The van der Waals surface area contributed by atoms with E-state index in [-0.39, 0.29) is 29.1 Å². The van der Waals surface area contributed by atoms with Crippen LogP contribution >= 0.6 is 11.6 Å². The molecule has 0 bridgehead atoms. The summed E-state index contributed by atoms with van der Waals surface area (Å²) in [6, 6.07) is 10.2. The third kappa shape index (κ3) is 4.30. The highest BCUT2D eigenvalue weighted by Crippen LogP contribution is 2.32. The van der Waals surface area contributed by atoms with E-state index < -0.39 is 28.9 Å². The highest BCUT2D eigenvalue weighted by molar-refractivity contribution is 6.30. The van der Waals surface area contributed by atoms with Crippen LogP contribution in [0.2, 0.25) is 5.02 Å². The first-order valence-corrected chi connectivity index (χ1v) is 9.09. The largest absolute Gasteiger partial charge is 0.493 e. The van der Waals surface area contributed by atoms with Crippen LogP contribution in [0.5, 0.6) is 5.88 Å². The van der Waals surface area contributed by atoms with E-state index in [2.05, 4.69) is 9.98 Å². The van der Waals surface area contributed by atoms with Crippen molar-refractivity contribution in [2.45, 2.75) is 19.5 Å². The van der Waals surface area contributed by atoms with E-state index >= 15 is 0 Å². The number of nitrogens with zero attached hydrogens (tertiary/aromatic N) is 2. The number of aliphatic imine (C=N–C) groups is 1. The van der Waals surface area contributed by atoms with Crippen molar-refractivity contribution >= 4 is 23.0 Å². The lowest BCUT2D eigenvalue weighted by Crippen LogP contribution is -2.33. The third-order valence-corrected chi connectivity index (χ3v) is 4.48. The summed E-state index contributed by atoms with van der Waals surface area (Å²) in [5.41, 5.74) is -2.82. The first-order chi connectivity index (χ1) is 14.1. The predicted octanol–water partition coefficient (Wildman–Crippen LogP) is 4.43. The van der Waals surface area contributed by atoms with Gasteiger partial charge in [-0.15, -0.1) is 0 Å². The topological polar surface area (TPSA) is 87.4 Å². The van der Waals surface area contributed by atoms with Gasteiger partial charge < -0.3 is 5.11 Å². The van der Waals surface area contributed by atoms with Gasteiger partial charge in [-0.05, 0) is 48.9 Å². The van der Waals surface area contributed by atoms with Crippen LogP contribution in [0.25, 0.3) is 5.69 Å². The van der Waals surface area contributed by atoms with Crippen LogP contribution in [0, 0.1) is 0 Å². The lowest BCUT2D eigenvalue weighted by Gasteiger charge is -2.13. The second-order valence-corrected chi connectivity index (χ2v) is 6.67. The van der Waals surface area contributed by atoms with Gasteiger partial charge in [0.2, 0.25) is 5.88 Å². The van der Waals surface area contributed by atoms with Crippen molar-refractivity contribution in [2.24, 2.45) is 4.99 Å². The van der Waals surface area contributed by atoms with Crippen molar-refractivity contribution in [2.75, 3.05) is 0 Å². The fourth-order valence-electron chi connectivity index (χ4n) is 2.83. The smallest absolute Gasteiger partial charge is 0.416 e. The van der Waals surface area contributed by atoms with Crippen LogP contribution < -0.4 is 11.2 Å². The van der Waals surface area contributed by atoms with Crippen molar-refractivity contribution in [3.8, 4) is 11.6 Å². The number of rotatable bonds is 4. The quantitative estimate of drug-likeness (QED) is 0.592. The first-order valence-electron chi connectivity index (χ1n) is 8.71. The number of aromatic hydroxyl groups is 1. The van der Waals surface area contributed by atoms with Gasteiger partial charge in [-0.25, -0.2) is 9.36 Å². The lowest BCUT2D eigenvalue weighted by atomic mass is 10.1. The van der Waals surface area contributed by atoms with Gasteiger partial charge in [0.15, 0.2) is 0 Å². The summed E-state index contributed by atoms with van der Waals surface area (Å²) in [6.07, 6.45) is -4.45. The molecule has 0 saturated carbocycles. The van der Waals surface area contributed by atoms with Gasteiger partial charge in [0.05, 0.1) is 22.6 Å². The van der Waals surface area contributed by atoms with Gasteiger partial charge >= 0.3 is 11.9 Å². The van der Waals surface area contributed by atoms with Gasteiger partial charge in [0.1, 0.15) is 5.56 Å². The fraction of sp³-hybridized carbons (Fsp3) is 0.150. The zero-order valence-corrected chi connectivity index (χ0v) is 16.3. The molecule has 0 saturated heterocycles. The Balaban J connectivity index is 2.20. The first kappa shape index (κ1) is 21.4. The molecule has 0 atom stereocenters. The number of nitrogens with one attached hydrogen (secondary N) is 1. The Labute approximate surface area is 172 Å². The molecule has 1 heterocycles. The van der Waals surface area contributed by atoms with Crippen LogP contribution in [-0.2, 0) is 6.18 Å². The Bertz CT molecular complexity index is 1230. The molecule has 3 rings (SSSR count). The summed E-state index contributed by atoms with van der Waals surface area (Å²) in [7, 11) is 0. The number of halogens is 4. The van der Waals surface area contributed by atoms with Gasteiger partial charge in [0, 0.05) is 5.02 Å². The van der Waals surface area contributed by atoms with Crippen LogP contribution in [0.3, 0.4) is 0 Å². The molecule has 3 aromatic rings. The molecule has 0 aliphatic carbocycles. The van der Waals surface area contributed by atoms with Gasteiger partial charge in [-0.1, -0.05) is 24.6 Å². The van der Waals surface area contributed by atoms with Crippen molar-refractivity contribution in [3.05, 3.63) is 85.5 Å². The average Bonchev–Trinajstić information content (AvgIpc) is 2.68. The second kappa shape index (κ2) is 8.19. The number of aromatic amines is 1. The molecule has 6 nitrogen and oxygen atoms in total. The van der Waals surface area contributed by atoms with Gasteiger partial charge in [-0.2, -0.15) is 13.2 Å². The molecule has 0 unspecified atom stereocenters. The van der Waals surface area contributed by atoms with Crippen LogP contribution in [-0.4, -0.2) is 20.4 Å². The van der Waals surface area contributed by atoms with Crippen molar-refractivity contribution < 1.29 is 18.3 Å². The minimum Gasteiger partial charge on any atom is -0.493 e. The molecule has 0 spiro atoms. The molecule has 0 aliphatic rings. The molecule has 1 aromatic heterocycles. The summed E-state index contributed by atoms with van der Waals surface area (Å²) in [4.78, 5) is 30.9. The van der Waals surface area contributed by atoms with E-state index in [0.29, 0.717) is 5.02 Å². The van der Waals surface area contributed by atoms with E-state index in [1.165, 1.54) is 36.4 Å². The number of benzene rings is 2. The maximum Gasteiger partial charge on any atom is 0.416 e. The highest BCUT2D eigenvalue weighted by Gasteiger charge is 2.30. The third-order valence-electron chi connectivity index (χ3n) is 4.23. The second-order valence-electron chi connectivity index (χ2n) is 6.23. The molecular formula is C20H15ClF3N3O3. The molecule has 0 radical (unpaired) electrons. The molecule has 2 N–H and O–H groups in total. The standard InChI is InChI=1S/C20H15ClF3N3O3/c1-2-15(25-13-5-3-4-11(10-13)20(22,23)24)16-17(28)26-19(30)27(18(16)29)14-8-6-12(21)7-9-14/h3-10,29H,2H2,1H3,(H,26,28,30). The Morgan fingerprint density at radius 2 is 1.83 bits per heavy atom. The Morgan fingerprint density at radius 1 is 1.17 bits per heavy atom.